The van der Waals surface area contributed by atoms with Crippen molar-refractivity contribution in [3.63, 3.8) is 0 Å². The van der Waals surface area contributed by atoms with Crippen LogP contribution in [-0.4, -0.2) is 53.8 Å². The Hall–Kier alpha value is -1.37. The lowest BCUT2D eigenvalue weighted by Crippen LogP contribution is -2.54. The predicted molar refractivity (Wildman–Crippen MR) is 98.6 cm³/mol. The zero-order valence-corrected chi connectivity index (χ0v) is 15.9. The average molecular weight is 392 g/mol. The van der Waals surface area contributed by atoms with Gasteiger partial charge in [0, 0.05) is 26.2 Å². The Bertz CT molecular complexity index is 600. The van der Waals surface area contributed by atoms with Crippen LogP contribution in [0.1, 0.15) is 30.6 Å². The predicted octanol–water partition coefficient (Wildman–Crippen LogP) is 2.56. The van der Waals surface area contributed by atoms with Gasteiger partial charge in [0.15, 0.2) is 0 Å². The van der Waals surface area contributed by atoms with Gasteiger partial charge in [-0.15, -0.1) is 12.4 Å². The lowest BCUT2D eigenvalue weighted by molar-refractivity contribution is -0.134. The molecule has 0 aliphatic carbocycles. The number of piperazine rings is 1. The molecule has 1 aromatic carbocycles. The third kappa shape index (κ3) is 5.30. The molecule has 1 heterocycles. The number of nitrogens with zero attached hydrogens (tertiary/aromatic N) is 2. The smallest absolute Gasteiger partial charge is 0.258 e. The minimum atomic E-state index is -0.634. The van der Waals surface area contributed by atoms with Crippen LogP contribution in [0.15, 0.2) is 18.2 Å². The highest BCUT2D eigenvalue weighted by molar-refractivity contribution is 6.33. The van der Waals surface area contributed by atoms with Gasteiger partial charge in [-0.25, -0.2) is 4.39 Å². The van der Waals surface area contributed by atoms with Gasteiger partial charge >= 0.3 is 0 Å². The fourth-order valence-electron chi connectivity index (χ4n) is 2.83. The molecule has 0 radical (unpaired) electrons. The van der Waals surface area contributed by atoms with Gasteiger partial charge < -0.3 is 15.5 Å². The third-order valence-electron chi connectivity index (χ3n) is 4.10. The SMILES string of the molecule is CC(C)C[C@H](N)C(=O)N1CCN(C(=O)c2c(F)cccc2Cl)CC1.Cl. The summed E-state index contributed by atoms with van der Waals surface area (Å²) in [5.74, 6) is -0.837. The van der Waals surface area contributed by atoms with Crippen LogP contribution in [0, 0.1) is 11.7 Å². The molecule has 1 aliphatic heterocycles. The summed E-state index contributed by atoms with van der Waals surface area (Å²) in [4.78, 5) is 28.0. The van der Waals surface area contributed by atoms with Gasteiger partial charge in [0.05, 0.1) is 16.6 Å². The van der Waals surface area contributed by atoms with Gasteiger partial charge in [-0.2, -0.15) is 0 Å². The van der Waals surface area contributed by atoms with Gasteiger partial charge in [-0.3, -0.25) is 9.59 Å². The standard InChI is InChI=1S/C17H23ClFN3O2.ClH/c1-11(2)10-14(20)16(23)21-6-8-22(9-7-21)17(24)15-12(18)4-3-5-13(15)19;/h3-5,11,14H,6-10,20H2,1-2H3;1H/t14-;/m0./s1. The van der Waals surface area contributed by atoms with E-state index in [1.54, 1.807) is 4.90 Å². The van der Waals surface area contributed by atoms with Crippen molar-refractivity contribution in [2.45, 2.75) is 26.3 Å². The number of benzene rings is 1. The molecule has 1 atom stereocenters. The van der Waals surface area contributed by atoms with E-state index in [-0.39, 0.29) is 28.9 Å². The number of amides is 2. The number of rotatable bonds is 4. The maximum atomic E-state index is 13.9. The first-order valence-corrected chi connectivity index (χ1v) is 8.46. The van der Waals surface area contributed by atoms with E-state index in [1.165, 1.54) is 23.1 Å². The molecule has 5 nitrogen and oxygen atoms in total. The molecule has 1 aliphatic rings. The van der Waals surface area contributed by atoms with Crippen molar-refractivity contribution in [2.75, 3.05) is 26.2 Å². The normalized spacial score (nSPS) is 15.8. The van der Waals surface area contributed by atoms with Crippen LogP contribution in [0.25, 0.3) is 0 Å². The summed E-state index contributed by atoms with van der Waals surface area (Å²) in [7, 11) is 0. The van der Waals surface area contributed by atoms with E-state index < -0.39 is 17.8 Å². The van der Waals surface area contributed by atoms with Crippen LogP contribution in [0.4, 0.5) is 4.39 Å². The number of nitrogens with two attached hydrogens (primary N) is 1. The maximum absolute atomic E-state index is 13.9. The molecule has 2 amide bonds. The Labute approximate surface area is 158 Å². The zero-order chi connectivity index (χ0) is 17.9. The summed E-state index contributed by atoms with van der Waals surface area (Å²) < 4.78 is 13.9. The molecule has 0 aromatic heterocycles. The number of halogens is 3. The Kier molecular flexibility index (Phi) is 8.12. The van der Waals surface area contributed by atoms with Crippen molar-refractivity contribution in [3.05, 3.63) is 34.6 Å². The van der Waals surface area contributed by atoms with Gasteiger partial charge in [-0.1, -0.05) is 31.5 Å². The van der Waals surface area contributed by atoms with Crippen molar-refractivity contribution in [1.82, 2.24) is 9.80 Å². The first-order valence-electron chi connectivity index (χ1n) is 8.09. The maximum Gasteiger partial charge on any atom is 0.258 e. The van der Waals surface area contributed by atoms with Crippen molar-refractivity contribution in [1.29, 1.82) is 0 Å². The first-order chi connectivity index (χ1) is 11.3. The summed E-state index contributed by atoms with van der Waals surface area (Å²) in [6.07, 6.45) is 0.628. The van der Waals surface area contributed by atoms with E-state index >= 15 is 0 Å². The lowest BCUT2D eigenvalue weighted by Gasteiger charge is -2.36. The molecule has 0 unspecified atom stereocenters. The lowest BCUT2D eigenvalue weighted by atomic mass is 10.0. The van der Waals surface area contributed by atoms with E-state index in [9.17, 15) is 14.0 Å². The van der Waals surface area contributed by atoms with E-state index in [1.807, 2.05) is 13.8 Å². The van der Waals surface area contributed by atoms with Crippen LogP contribution in [-0.2, 0) is 4.79 Å². The Morgan fingerprint density at radius 2 is 1.76 bits per heavy atom. The Morgan fingerprint density at radius 3 is 2.28 bits per heavy atom. The third-order valence-corrected chi connectivity index (χ3v) is 4.41. The second-order valence-corrected chi connectivity index (χ2v) is 6.86. The first kappa shape index (κ1) is 21.7. The molecule has 0 spiro atoms. The summed E-state index contributed by atoms with van der Waals surface area (Å²) >= 11 is 5.94. The second kappa shape index (κ2) is 9.36. The monoisotopic (exact) mass is 391 g/mol. The minimum Gasteiger partial charge on any atom is -0.338 e. The van der Waals surface area contributed by atoms with E-state index in [4.69, 9.17) is 17.3 Å². The molecule has 2 N–H and O–H groups in total. The molecule has 140 valence electrons. The fraction of sp³-hybridized carbons (Fsp3) is 0.529. The second-order valence-electron chi connectivity index (χ2n) is 6.45. The van der Waals surface area contributed by atoms with E-state index in [0.29, 0.717) is 38.5 Å². The van der Waals surface area contributed by atoms with Crippen LogP contribution in [0.2, 0.25) is 5.02 Å². The van der Waals surface area contributed by atoms with Crippen LogP contribution in [0.5, 0.6) is 0 Å². The summed E-state index contributed by atoms with van der Waals surface area (Å²) in [6.45, 7) is 5.49. The number of carbonyl (C=O) groups is 2. The quantitative estimate of drug-likeness (QED) is 0.857. The summed E-state index contributed by atoms with van der Waals surface area (Å²) in [6, 6.07) is 3.64. The average Bonchev–Trinajstić information content (AvgIpc) is 2.53. The summed E-state index contributed by atoms with van der Waals surface area (Å²) in [5.41, 5.74) is 5.82. The molecule has 0 bridgehead atoms. The van der Waals surface area contributed by atoms with Crippen molar-refractivity contribution in [2.24, 2.45) is 11.7 Å². The molecule has 1 saturated heterocycles. The van der Waals surface area contributed by atoms with Crippen molar-refractivity contribution >= 4 is 35.8 Å². The van der Waals surface area contributed by atoms with Gasteiger partial charge in [0.2, 0.25) is 5.91 Å². The van der Waals surface area contributed by atoms with Crippen LogP contribution in [0.3, 0.4) is 0 Å². The Morgan fingerprint density at radius 1 is 1.20 bits per heavy atom. The highest BCUT2D eigenvalue weighted by atomic mass is 35.5. The molecular formula is C17H24Cl2FN3O2. The van der Waals surface area contributed by atoms with Crippen molar-refractivity contribution < 1.29 is 14.0 Å². The molecule has 0 saturated carbocycles. The van der Waals surface area contributed by atoms with Crippen molar-refractivity contribution in [3.8, 4) is 0 Å². The topological polar surface area (TPSA) is 66.6 Å². The number of hydrogen-bond donors (Lipinski definition) is 1. The van der Waals surface area contributed by atoms with E-state index in [0.717, 1.165) is 0 Å². The molecular weight excluding hydrogens is 368 g/mol. The van der Waals surface area contributed by atoms with Crippen LogP contribution >= 0.6 is 24.0 Å². The zero-order valence-electron chi connectivity index (χ0n) is 14.4. The molecule has 2 rings (SSSR count). The van der Waals surface area contributed by atoms with Gasteiger partial charge in [0.25, 0.3) is 5.91 Å². The highest BCUT2D eigenvalue weighted by Gasteiger charge is 2.29. The number of carbonyl (C=O) groups excluding carboxylic acids is 2. The molecule has 1 fully saturated rings. The van der Waals surface area contributed by atoms with E-state index in [2.05, 4.69) is 0 Å². The van der Waals surface area contributed by atoms with Gasteiger partial charge in [0.1, 0.15) is 5.82 Å². The fourth-order valence-corrected chi connectivity index (χ4v) is 3.08. The highest BCUT2D eigenvalue weighted by Crippen LogP contribution is 2.21. The Balaban J connectivity index is 0.00000312. The minimum absolute atomic E-state index is 0. The van der Waals surface area contributed by atoms with Gasteiger partial charge in [-0.05, 0) is 24.5 Å². The molecule has 1 aromatic rings. The number of hydrogen-bond acceptors (Lipinski definition) is 3. The molecule has 8 heteroatoms. The van der Waals surface area contributed by atoms with Crippen LogP contribution < -0.4 is 5.73 Å². The molecule has 25 heavy (non-hydrogen) atoms. The largest absolute Gasteiger partial charge is 0.338 e. The summed E-state index contributed by atoms with van der Waals surface area (Å²) in [5, 5.41) is 0.0949.